The lowest BCUT2D eigenvalue weighted by atomic mass is 10.1. The van der Waals surface area contributed by atoms with Crippen molar-refractivity contribution in [2.24, 2.45) is 5.92 Å². The number of nitrogens with zero attached hydrogens (tertiary/aromatic N) is 1. The van der Waals surface area contributed by atoms with E-state index in [1.165, 1.54) is 11.9 Å². The van der Waals surface area contributed by atoms with Crippen LogP contribution in [-0.4, -0.2) is 39.1 Å². The van der Waals surface area contributed by atoms with Gasteiger partial charge in [0.1, 0.15) is 0 Å². The SMILES string of the molecule is COC(=O)C(C(=O)OC)C(=O)N(C)c1ccc(Br)cc1. The van der Waals surface area contributed by atoms with Crippen molar-refractivity contribution < 1.29 is 23.9 Å². The number of carbonyl (C=O) groups excluding carboxylic acids is 3. The van der Waals surface area contributed by atoms with Gasteiger partial charge in [0.05, 0.1) is 14.2 Å². The van der Waals surface area contributed by atoms with Crippen LogP contribution in [0.15, 0.2) is 28.7 Å². The summed E-state index contributed by atoms with van der Waals surface area (Å²) in [5, 5.41) is 0. The average Bonchev–Trinajstić information content (AvgIpc) is 2.46. The van der Waals surface area contributed by atoms with Crippen LogP contribution in [0.1, 0.15) is 0 Å². The first kappa shape index (κ1) is 16.2. The van der Waals surface area contributed by atoms with Crippen molar-refractivity contribution in [1.29, 1.82) is 0 Å². The van der Waals surface area contributed by atoms with Crippen LogP contribution in [-0.2, 0) is 23.9 Å². The molecular weight excluding hydrogens is 330 g/mol. The van der Waals surface area contributed by atoms with Crippen molar-refractivity contribution in [2.75, 3.05) is 26.2 Å². The van der Waals surface area contributed by atoms with Gasteiger partial charge in [0.25, 0.3) is 5.91 Å². The number of amides is 1. The lowest BCUT2D eigenvalue weighted by Gasteiger charge is -2.21. The smallest absolute Gasteiger partial charge is 0.329 e. The fraction of sp³-hybridized carbons (Fsp3) is 0.308. The van der Waals surface area contributed by atoms with Crippen molar-refractivity contribution in [3.05, 3.63) is 28.7 Å². The van der Waals surface area contributed by atoms with E-state index in [2.05, 4.69) is 25.4 Å². The van der Waals surface area contributed by atoms with Gasteiger partial charge in [-0.3, -0.25) is 14.4 Å². The van der Waals surface area contributed by atoms with Gasteiger partial charge in [0.15, 0.2) is 0 Å². The monoisotopic (exact) mass is 343 g/mol. The maximum Gasteiger partial charge on any atom is 0.329 e. The Balaban J connectivity index is 3.02. The zero-order valence-corrected chi connectivity index (χ0v) is 12.8. The third kappa shape index (κ3) is 3.57. The van der Waals surface area contributed by atoms with E-state index in [9.17, 15) is 14.4 Å². The van der Waals surface area contributed by atoms with Crippen molar-refractivity contribution in [1.82, 2.24) is 0 Å². The Morgan fingerprint density at radius 1 is 1.05 bits per heavy atom. The number of hydrogen-bond donors (Lipinski definition) is 0. The van der Waals surface area contributed by atoms with Crippen LogP contribution >= 0.6 is 15.9 Å². The molecule has 0 saturated carbocycles. The van der Waals surface area contributed by atoms with Crippen LogP contribution in [0.3, 0.4) is 0 Å². The molecule has 0 aliphatic heterocycles. The van der Waals surface area contributed by atoms with Crippen molar-refractivity contribution in [3.8, 4) is 0 Å². The zero-order valence-electron chi connectivity index (χ0n) is 11.3. The van der Waals surface area contributed by atoms with Crippen LogP contribution in [0, 0.1) is 5.92 Å². The molecule has 1 aromatic rings. The molecule has 7 heteroatoms. The Morgan fingerprint density at radius 3 is 1.90 bits per heavy atom. The predicted octanol–water partition coefficient (Wildman–Crippen LogP) is 1.37. The molecule has 0 N–H and O–H groups in total. The quantitative estimate of drug-likeness (QED) is 0.609. The zero-order chi connectivity index (χ0) is 15.3. The average molecular weight is 344 g/mol. The Morgan fingerprint density at radius 2 is 1.50 bits per heavy atom. The number of methoxy groups -OCH3 is 2. The molecule has 0 spiro atoms. The first-order chi connectivity index (χ1) is 9.42. The number of esters is 2. The minimum Gasteiger partial charge on any atom is -0.468 e. The van der Waals surface area contributed by atoms with E-state index in [0.717, 1.165) is 18.7 Å². The molecule has 108 valence electrons. The summed E-state index contributed by atoms with van der Waals surface area (Å²) in [6.45, 7) is 0. The topological polar surface area (TPSA) is 72.9 Å². The first-order valence-electron chi connectivity index (χ1n) is 5.61. The molecule has 0 saturated heterocycles. The number of halogens is 1. The molecule has 0 radical (unpaired) electrons. The number of hydrogen-bond acceptors (Lipinski definition) is 5. The predicted molar refractivity (Wildman–Crippen MR) is 75.1 cm³/mol. The van der Waals surface area contributed by atoms with E-state index >= 15 is 0 Å². The normalized spacial score (nSPS) is 10.1. The molecular formula is C13H14BrNO5. The number of ether oxygens (including phenoxy) is 2. The highest BCUT2D eigenvalue weighted by atomic mass is 79.9. The molecule has 6 nitrogen and oxygen atoms in total. The number of rotatable bonds is 4. The van der Waals surface area contributed by atoms with E-state index in [4.69, 9.17) is 0 Å². The standard InChI is InChI=1S/C13H14BrNO5/c1-15(9-6-4-8(14)5-7-9)11(16)10(12(17)19-2)13(18)20-3/h4-7,10H,1-3H3. The fourth-order valence-corrected chi connectivity index (χ4v) is 1.78. The molecule has 0 unspecified atom stereocenters. The Bertz CT molecular complexity index is 498. The van der Waals surface area contributed by atoms with Crippen molar-refractivity contribution >= 4 is 39.5 Å². The second-order valence-corrected chi connectivity index (χ2v) is 4.77. The molecule has 1 aromatic carbocycles. The summed E-state index contributed by atoms with van der Waals surface area (Å²) in [5.74, 6) is -4.25. The lowest BCUT2D eigenvalue weighted by molar-refractivity contribution is -0.161. The van der Waals surface area contributed by atoms with Crippen molar-refractivity contribution in [3.63, 3.8) is 0 Å². The fourth-order valence-electron chi connectivity index (χ4n) is 1.52. The Kier molecular flexibility index (Phi) is 5.69. The molecule has 0 atom stereocenters. The minimum atomic E-state index is -1.63. The Hall–Kier alpha value is -1.89. The van der Waals surface area contributed by atoms with Gasteiger partial charge in [-0.15, -0.1) is 0 Å². The molecule has 0 heterocycles. The largest absolute Gasteiger partial charge is 0.468 e. The van der Waals surface area contributed by atoms with E-state index in [-0.39, 0.29) is 0 Å². The highest BCUT2D eigenvalue weighted by Gasteiger charge is 2.38. The molecule has 1 amide bonds. The molecule has 0 bridgehead atoms. The minimum absolute atomic E-state index is 0.538. The summed E-state index contributed by atoms with van der Waals surface area (Å²) in [7, 11) is 3.67. The molecule has 0 fully saturated rings. The van der Waals surface area contributed by atoms with Gasteiger partial charge in [-0.1, -0.05) is 15.9 Å². The number of anilines is 1. The second kappa shape index (κ2) is 7.04. The van der Waals surface area contributed by atoms with E-state index in [1.54, 1.807) is 24.3 Å². The van der Waals surface area contributed by atoms with Crippen LogP contribution in [0.25, 0.3) is 0 Å². The number of benzene rings is 1. The van der Waals surface area contributed by atoms with E-state index in [1.807, 2.05) is 0 Å². The third-order valence-electron chi connectivity index (χ3n) is 2.67. The van der Waals surface area contributed by atoms with E-state index in [0.29, 0.717) is 5.69 Å². The molecule has 1 rings (SSSR count). The van der Waals surface area contributed by atoms with Gasteiger partial charge in [-0.2, -0.15) is 0 Å². The highest BCUT2D eigenvalue weighted by Crippen LogP contribution is 2.19. The maximum absolute atomic E-state index is 12.2. The lowest BCUT2D eigenvalue weighted by Crippen LogP contribution is -2.42. The van der Waals surface area contributed by atoms with Crippen molar-refractivity contribution in [2.45, 2.75) is 0 Å². The Labute approximate surface area is 124 Å². The van der Waals surface area contributed by atoms with Gasteiger partial charge in [0.2, 0.25) is 5.92 Å². The summed E-state index contributed by atoms with van der Waals surface area (Å²) in [6.07, 6.45) is 0. The van der Waals surface area contributed by atoms with Gasteiger partial charge >= 0.3 is 11.9 Å². The summed E-state index contributed by atoms with van der Waals surface area (Å²) >= 11 is 3.28. The molecule has 0 aliphatic rings. The van der Waals surface area contributed by atoms with Crippen LogP contribution in [0.2, 0.25) is 0 Å². The number of carbonyl (C=O) groups is 3. The van der Waals surface area contributed by atoms with Gasteiger partial charge < -0.3 is 14.4 Å². The third-order valence-corrected chi connectivity index (χ3v) is 3.19. The summed E-state index contributed by atoms with van der Waals surface area (Å²) in [5.41, 5.74) is 0.538. The van der Waals surface area contributed by atoms with Gasteiger partial charge in [-0.25, -0.2) is 0 Å². The summed E-state index contributed by atoms with van der Waals surface area (Å²) < 4.78 is 9.78. The molecule has 20 heavy (non-hydrogen) atoms. The van der Waals surface area contributed by atoms with Crippen LogP contribution < -0.4 is 4.90 Å². The summed E-state index contributed by atoms with van der Waals surface area (Å²) in [4.78, 5) is 36.6. The highest BCUT2D eigenvalue weighted by molar-refractivity contribution is 9.10. The maximum atomic E-state index is 12.2. The summed E-state index contributed by atoms with van der Waals surface area (Å²) in [6, 6.07) is 6.83. The molecule has 0 aliphatic carbocycles. The van der Waals surface area contributed by atoms with E-state index < -0.39 is 23.8 Å². The van der Waals surface area contributed by atoms with Gasteiger partial charge in [-0.05, 0) is 24.3 Å². The first-order valence-corrected chi connectivity index (χ1v) is 6.40. The molecule has 0 aromatic heterocycles. The van der Waals surface area contributed by atoms with Crippen LogP contribution in [0.5, 0.6) is 0 Å². The second-order valence-electron chi connectivity index (χ2n) is 3.85. The van der Waals surface area contributed by atoms with Gasteiger partial charge in [0, 0.05) is 17.2 Å². The van der Waals surface area contributed by atoms with Crippen LogP contribution in [0.4, 0.5) is 5.69 Å².